The summed E-state index contributed by atoms with van der Waals surface area (Å²) in [6.07, 6.45) is 0. The summed E-state index contributed by atoms with van der Waals surface area (Å²) in [6.45, 7) is -0.150. The molecule has 0 N–H and O–H groups in total. The van der Waals surface area contributed by atoms with Crippen LogP contribution in [0.2, 0.25) is 0 Å². The van der Waals surface area contributed by atoms with E-state index < -0.39 is 4.92 Å². The summed E-state index contributed by atoms with van der Waals surface area (Å²) < 4.78 is 19.5. The van der Waals surface area contributed by atoms with E-state index in [0.717, 1.165) is 0 Å². The molecule has 17 heavy (non-hydrogen) atoms. The molecule has 0 fully saturated rings. The van der Waals surface area contributed by atoms with Crippen LogP contribution in [-0.2, 0) is 9.47 Å². The molecule has 0 amide bonds. The van der Waals surface area contributed by atoms with Crippen molar-refractivity contribution in [3.05, 3.63) is 28.3 Å². The molecule has 0 spiro atoms. The summed E-state index contributed by atoms with van der Waals surface area (Å²) in [6, 6.07) is 4.52. The van der Waals surface area contributed by atoms with E-state index in [1.807, 2.05) is 0 Å². The predicted octanol–water partition coefficient (Wildman–Crippen LogP) is 1.56. The van der Waals surface area contributed by atoms with E-state index in [1.165, 1.54) is 26.4 Å². The Bertz CT molecular complexity index is 355. The molecule has 1 rings (SSSR count). The normalized spacial score (nSPS) is 10.0. The van der Waals surface area contributed by atoms with E-state index in [1.54, 1.807) is 6.07 Å². The summed E-state index contributed by atoms with van der Waals surface area (Å²) in [4.78, 5) is 10.4. The second kappa shape index (κ2) is 6.66. The average molecular weight is 243 g/mol. The minimum Gasteiger partial charge on any atom is -0.460 e. The Morgan fingerprint density at radius 1 is 1.12 bits per heavy atom. The first-order chi connectivity index (χ1) is 8.20. The van der Waals surface area contributed by atoms with Crippen LogP contribution in [0.3, 0.4) is 0 Å². The van der Waals surface area contributed by atoms with Crippen molar-refractivity contribution in [2.75, 3.05) is 27.8 Å². The molecule has 0 bridgehead atoms. The lowest BCUT2D eigenvalue weighted by Gasteiger charge is -2.09. The first-order valence-electron chi connectivity index (χ1n) is 4.71. The molecule has 0 radical (unpaired) electrons. The number of hydrogen-bond donors (Lipinski definition) is 0. The van der Waals surface area contributed by atoms with Gasteiger partial charge >= 0.3 is 5.69 Å². The van der Waals surface area contributed by atoms with Crippen LogP contribution in [0.5, 0.6) is 11.5 Å². The summed E-state index contributed by atoms with van der Waals surface area (Å²) in [5.41, 5.74) is -0.249. The summed E-state index contributed by atoms with van der Waals surface area (Å²) >= 11 is 0. The van der Waals surface area contributed by atoms with Crippen LogP contribution >= 0.6 is 0 Å². The molecule has 0 aliphatic rings. The average Bonchev–Trinajstić information content (AvgIpc) is 2.33. The standard InChI is InChI=1S/C10H13NO6/c1-14-6-16-8-4-3-5-9(17-7-15-2)10(8)11(12)13/h3-5H,6-7H2,1-2H3. The zero-order valence-corrected chi connectivity index (χ0v) is 9.54. The molecule has 94 valence electrons. The van der Waals surface area contributed by atoms with E-state index in [2.05, 4.69) is 0 Å². The van der Waals surface area contributed by atoms with Gasteiger partial charge in [0.15, 0.2) is 13.6 Å². The molecule has 0 saturated carbocycles. The quantitative estimate of drug-likeness (QED) is 0.410. The van der Waals surface area contributed by atoms with Crippen molar-refractivity contribution in [2.45, 2.75) is 0 Å². The number of nitro benzene ring substituents is 1. The molecule has 0 aliphatic carbocycles. The summed E-state index contributed by atoms with van der Waals surface area (Å²) in [7, 11) is 2.86. The first kappa shape index (κ1) is 13.2. The van der Waals surface area contributed by atoms with Gasteiger partial charge in [0.25, 0.3) is 0 Å². The van der Waals surface area contributed by atoms with Gasteiger partial charge in [0.05, 0.1) is 4.92 Å². The third-order valence-electron chi connectivity index (χ3n) is 1.81. The Hall–Kier alpha value is -1.86. The van der Waals surface area contributed by atoms with Gasteiger partial charge in [-0.25, -0.2) is 0 Å². The van der Waals surface area contributed by atoms with E-state index in [9.17, 15) is 10.1 Å². The fraction of sp³-hybridized carbons (Fsp3) is 0.400. The Morgan fingerprint density at radius 3 is 1.94 bits per heavy atom. The van der Waals surface area contributed by atoms with E-state index in [4.69, 9.17) is 18.9 Å². The van der Waals surface area contributed by atoms with Gasteiger partial charge in [-0.15, -0.1) is 0 Å². The topological polar surface area (TPSA) is 80.1 Å². The van der Waals surface area contributed by atoms with E-state index >= 15 is 0 Å². The number of rotatable bonds is 7. The van der Waals surface area contributed by atoms with E-state index in [0.29, 0.717) is 0 Å². The van der Waals surface area contributed by atoms with Crippen molar-refractivity contribution in [2.24, 2.45) is 0 Å². The molecule has 0 aromatic heterocycles. The molecule has 7 nitrogen and oxygen atoms in total. The van der Waals surface area contributed by atoms with Crippen LogP contribution < -0.4 is 9.47 Å². The Morgan fingerprint density at radius 2 is 1.59 bits per heavy atom. The van der Waals surface area contributed by atoms with Crippen molar-refractivity contribution >= 4 is 5.69 Å². The smallest absolute Gasteiger partial charge is 0.352 e. The van der Waals surface area contributed by atoms with Gasteiger partial charge < -0.3 is 18.9 Å². The van der Waals surface area contributed by atoms with Crippen molar-refractivity contribution in [3.8, 4) is 11.5 Å². The monoisotopic (exact) mass is 243 g/mol. The maximum absolute atomic E-state index is 10.9. The summed E-state index contributed by atoms with van der Waals surface area (Å²) in [5.74, 6) is 0.177. The molecule has 7 heteroatoms. The SMILES string of the molecule is COCOc1cccc(OCOC)c1[N+](=O)[O-]. The van der Waals surface area contributed by atoms with Crippen molar-refractivity contribution in [1.29, 1.82) is 0 Å². The van der Waals surface area contributed by atoms with Crippen molar-refractivity contribution in [3.63, 3.8) is 0 Å². The lowest BCUT2D eigenvalue weighted by molar-refractivity contribution is -0.387. The van der Waals surface area contributed by atoms with Crippen molar-refractivity contribution < 1.29 is 23.9 Å². The number of nitrogens with zero attached hydrogens (tertiary/aromatic N) is 1. The zero-order chi connectivity index (χ0) is 12.7. The molecular formula is C10H13NO6. The van der Waals surface area contributed by atoms with Gasteiger partial charge in [-0.1, -0.05) is 6.07 Å². The molecule has 0 aliphatic heterocycles. The fourth-order valence-electron chi connectivity index (χ4n) is 1.16. The minimum atomic E-state index is -0.573. The second-order valence-electron chi connectivity index (χ2n) is 2.96. The van der Waals surface area contributed by atoms with Gasteiger partial charge in [0.1, 0.15) is 0 Å². The molecular weight excluding hydrogens is 230 g/mol. The third kappa shape index (κ3) is 3.58. The number of nitro groups is 1. The van der Waals surface area contributed by atoms with Crippen LogP contribution in [0.4, 0.5) is 5.69 Å². The minimum absolute atomic E-state index is 0.0748. The third-order valence-corrected chi connectivity index (χ3v) is 1.81. The highest BCUT2D eigenvalue weighted by Crippen LogP contribution is 2.36. The Balaban J connectivity index is 2.99. The van der Waals surface area contributed by atoms with Crippen molar-refractivity contribution in [1.82, 2.24) is 0 Å². The lowest BCUT2D eigenvalue weighted by Crippen LogP contribution is -2.05. The Kier molecular flexibility index (Phi) is 5.18. The number of ether oxygens (including phenoxy) is 4. The molecule has 0 saturated heterocycles. The molecule has 0 heterocycles. The maximum atomic E-state index is 10.9. The van der Waals surface area contributed by atoms with Crippen LogP contribution in [-0.4, -0.2) is 32.7 Å². The second-order valence-corrected chi connectivity index (χ2v) is 2.96. The largest absolute Gasteiger partial charge is 0.460 e. The lowest BCUT2D eigenvalue weighted by atomic mass is 10.3. The van der Waals surface area contributed by atoms with Crippen LogP contribution in [0, 0.1) is 10.1 Å². The van der Waals surface area contributed by atoms with Crippen LogP contribution in [0.15, 0.2) is 18.2 Å². The Labute approximate surface area is 98.0 Å². The maximum Gasteiger partial charge on any atom is 0.352 e. The number of benzene rings is 1. The number of hydrogen-bond acceptors (Lipinski definition) is 6. The van der Waals surface area contributed by atoms with Gasteiger partial charge in [0, 0.05) is 14.2 Å². The summed E-state index contributed by atoms with van der Waals surface area (Å²) in [5, 5.41) is 10.9. The number of para-hydroxylation sites is 1. The molecule has 1 aromatic rings. The first-order valence-corrected chi connectivity index (χ1v) is 4.71. The highest BCUT2D eigenvalue weighted by atomic mass is 16.7. The number of methoxy groups -OCH3 is 2. The fourth-order valence-corrected chi connectivity index (χ4v) is 1.16. The molecule has 1 aromatic carbocycles. The van der Waals surface area contributed by atoms with Gasteiger partial charge in [-0.05, 0) is 12.1 Å². The molecule has 0 unspecified atom stereocenters. The van der Waals surface area contributed by atoms with Gasteiger partial charge in [0.2, 0.25) is 11.5 Å². The van der Waals surface area contributed by atoms with Crippen LogP contribution in [0.25, 0.3) is 0 Å². The van der Waals surface area contributed by atoms with Gasteiger partial charge in [-0.3, -0.25) is 10.1 Å². The van der Waals surface area contributed by atoms with Crippen LogP contribution in [0.1, 0.15) is 0 Å². The zero-order valence-electron chi connectivity index (χ0n) is 9.54. The highest BCUT2D eigenvalue weighted by Gasteiger charge is 2.22. The van der Waals surface area contributed by atoms with Gasteiger partial charge in [-0.2, -0.15) is 0 Å². The van der Waals surface area contributed by atoms with E-state index in [-0.39, 0.29) is 30.8 Å². The molecule has 0 atom stereocenters. The highest BCUT2D eigenvalue weighted by molar-refractivity contribution is 5.57. The predicted molar refractivity (Wildman–Crippen MR) is 58.1 cm³/mol.